The van der Waals surface area contributed by atoms with Gasteiger partial charge in [-0.1, -0.05) is 72.8 Å². The normalized spacial score (nSPS) is 11.6. The first-order valence-corrected chi connectivity index (χ1v) is 11.3. The number of hydrogen-bond acceptors (Lipinski definition) is 6. The maximum absolute atomic E-state index is 12.4. The molecule has 1 atom stereocenters. The lowest BCUT2D eigenvalue weighted by Gasteiger charge is -2.16. The second kappa shape index (κ2) is 11.1. The topological polar surface area (TPSA) is 128 Å². The molecule has 3 aromatic carbocycles. The second-order valence-corrected chi connectivity index (χ2v) is 8.08. The summed E-state index contributed by atoms with van der Waals surface area (Å²) < 4.78 is 5.86. The van der Waals surface area contributed by atoms with Crippen molar-refractivity contribution in [2.45, 2.75) is 26.2 Å². The predicted molar refractivity (Wildman–Crippen MR) is 138 cm³/mol. The summed E-state index contributed by atoms with van der Waals surface area (Å²) in [6, 6.07) is 26.5. The minimum absolute atomic E-state index is 0.0899. The number of nitrogens with two attached hydrogens (primary N) is 2. The molecule has 8 heteroatoms. The first-order valence-electron chi connectivity index (χ1n) is 11.3. The molecule has 1 heterocycles. The Balaban J connectivity index is 1.43. The van der Waals surface area contributed by atoms with E-state index in [1.165, 1.54) is 0 Å². The molecule has 2 amide bonds. The lowest BCUT2D eigenvalue weighted by atomic mass is 10.0. The lowest BCUT2D eigenvalue weighted by Crippen LogP contribution is -2.31. The Labute approximate surface area is 204 Å². The van der Waals surface area contributed by atoms with E-state index >= 15 is 0 Å². The highest BCUT2D eigenvalue weighted by molar-refractivity contribution is 5.90. The standard InChI is InChI=1S/C27H28N6O2/c1-18(20-10-6-3-7-11-20)30-27(34)31-22-14-12-21(13-15-22)24-23(32-26(29)33-25(24)28)17-35-16-19-8-4-2-5-9-19/h2-15,18H,16-17H2,1H3,(H2,30,31,34)(H4,28,29,32,33). The van der Waals surface area contributed by atoms with Crippen LogP contribution in [0.1, 0.15) is 29.8 Å². The minimum atomic E-state index is -0.292. The molecule has 4 rings (SSSR count). The summed E-state index contributed by atoms with van der Waals surface area (Å²) in [7, 11) is 0. The number of rotatable bonds is 8. The summed E-state index contributed by atoms with van der Waals surface area (Å²) in [5, 5.41) is 5.79. The van der Waals surface area contributed by atoms with Gasteiger partial charge in [-0.25, -0.2) is 9.78 Å². The van der Waals surface area contributed by atoms with Gasteiger partial charge in [0.15, 0.2) is 0 Å². The van der Waals surface area contributed by atoms with Crippen LogP contribution < -0.4 is 22.1 Å². The van der Waals surface area contributed by atoms with E-state index in [1.54, 1.807) is 12.1 Å². The van der Waals surface area contributed by atoms with Crippen molar-refractivity contribution in [3.8, 4) is 11.1 Å². The van der Waals surface area contributed by atoms with Crippen LogP contribution in [0.2, 0.25) is 0 Å². The Morgan fingerprint density at radius 2 is 1.54 bits per heavy atom. The lowest BCUT2D eigenvalue weighted by molar-refractivity contribution is 0.105. The molecule has 0 spiro atoms. The van der Waals surface area contributed by atoms with Gasteiger partial charge in [0.25, 0.3) is 0 Å². The number of amides is 2. The SMILES string of the molecule is CC(NC(=O)Nc1ccc(-c2c(N)nc(N)nc2COCc2ccccc2)cc1)c1ccccc1. The molecule has 0 saturated heterocycles. The van der Waals surface area contributed by atoms with E-state index in [4.69, 9.17) is 16.2 Å². The smallest absolute Gasteiger partial charge is 0.319 e. The fourth-order valence-corrected chi connectivity index (χ4v) is 3.71. The molecule has 0 saturated carbocycles. The quantitative estimate of drug-likeness (QED) is 0.291. The van der Waals surface area contributed by atoms with Gasteiger partial charge >= 0.3 is 6.03 Å². The van der Waals surface area contributed by atoms with Gasteiger partial charge in [0.2, 0.25) is 5.95 Å². The molecule has 0 radical (unpaired) electrons. The molecule has 0 aliphatic heterocycles. The van der Waals surface area contributed by atoms with Crippen LogP contribution in [0.5, 0.6) is 0 Å². The molecular formula is C27H28N6O2. The number of hydrogen-bond donors (Lipinski definition) is 4. The highest BCUT2D eigenvalue weighted by Gasteiger charge is 2.15. The van der Waals surface area contributed by atoms with Gasteiger partial charge in [-0.15, -0.1) is 0 Å². The number of nitrogen functional groups attached to an aromatic ring is 2. The first-order chi connectivity index (χ1) is 17.0. The van der Waals surface area contributed by atoms with Gasteiger partial charge < -0.3 is 26.8 Å². The van der Waals surface area contributed by atoms with Crippen LogP contribution in [0.4, 0.5) is 22.2 Å². The third-order valence-corrected chi connectivity index (χ3v) is 5.46. The first kappa shape index (κ1) is 23.7. The molecule has 178 valence electrons. The third kappa shape index (κ3) is 6.33. The number of nitrogens with zero attached hydrogens (tertiary/aromatic N) is 2. The minimum Gasteiger partial charge on any atom is -0.383 e. The summed E-state index contributed by atoms with van der Waals surface area (Å²) in [6.07, 6.45) is 0. The number of carbonyl (C=O) groups excluding carboxylic acids is 1. The largest absolute Gasteiger partial charge is 0.383 e. The summed E-state index contributed by atoms with van der Waals surface area (Å²) in [5.41, 5.74) is 16.8. The van der Waals surface area contributed by atoms with Crippen LogP contribution in [-0.2, 0) is 18.0 Å². The van der Waals surface area contributed by atoms with Crippen molar-refractivity contribution in [3.63, 3.8) is 0 Å². The van der Waals surface area contributed by atoms with Crippen molar-refractivity contribution in [1.29, 1.82) is 0 Å². The Hall–Kier alpha value is -4.43. The fourth-order valence-electron chi connectivity index (χ4n) is 3.71. The molecule has 35 heavy (non-hydrogen) atoms. The summed E-state index contributed by atoms with van der Waals surface area (Å²) in [4.78, 5) is 20.9. The zero-order valence-electron chi connectivity index (χ0n) is 19.4. The molecule has 8 nitrogen and oxygen atoms in total. The highest BCUT2D eigenvalue weighted by atomic mass is 16.5. The molecule has 4 aromatic rings. The predicted octanol–water partition coefficient (Wildman–Crippen LogP) is 4.91. The van der Waals surface area contributed by atoms with Crippen LogP contribution >= 0.6 is 0 Å². The van der Waals surface area contributed by atoms with Crippen molar-refractivity contribution < 1.29 is 9.53 Å². The van der Waals surface area contributed by atoms with Crippen molar-refractivity contribution in [3.05, 3.63) is 102 Å². The van der Waals surface area contributed by atoms with E-state index in [1.807, 2.05) is 79.7 Å². The van der Waals surface area contributed by atoms with Crippen LogP contribution in [0, 0.1) is 0 Å². The van der Waals surface area contributed by atoms with E-state index in [2.05, 4.69) is 20.6 Å². The molecule has 1 aromatic heterocycles. The number of anilines is 3. The average Bonchev–Trinajstić information content (AvgIpc) is 2.86. The van der Waals surface area contributed by atoms with E-state index in [0.717, 1.165) is 16.7 Å². The number of ether oxygens (including phenoxy) is 1. The average molecular weight is 469 g/mol. The van der Waals surface area contributed by atoms with Crippen LogP contribution in [0.15, 0.2) is 84.9 Å². The highest BCUT2D eigenvalue weighted by Crippen LogP contribution is 2.30. The van der Waals surface area contributed by atoms with E-state index < -0.39 is 0 Å². The Morgan fingerprint density at radius 1 is 0.886 bits per heavy atom. The molecule has 0 aliphatic carbocycles. The molecule has 6 N–H and O–H groups in total. The summed E-state index contributed by atoms with van der Waals surface area (Å²) in [6.45, 7) is 2.59. The zero-order chi connectivity index (χ0) is 24.6. The van der Waals surface area contributed by atoms with Crippen LogP contribution in [0.25, 0.3) is 11.1 Å². The Bertz CT molecular complexity index is 1260. The van der Waals surface area contributed by atoms with Crippen molar-refractivity contribution in [2.75, 3.05) is 16.8 Å². The van der Waals surface area contributed by atoms with Crippen LogP contribution in [-0.4, -0.2) is 16.0 Å². The number of urea groups is 1. The molecule has 0 fully saturated rings. The summed E-state index contributed by atoms with van der Waals surface area (Å²) in [5.74, 6) is 0.359. The molecule has 1 unspecified atom stereocenters. The van der Waals surface area contributed by atoms with Gasteiger partial charge in [0, 0.05) is 11.3 Å². The monoisotopic (exact) mass is 468 g/mol. The molecular weight excluding hydrogens is 440 g/mol. The summed E-state index contributed by atoms with van der Waals surface area (Å²) >= 11 is 0. The Morgan fingerprint density at radius 3 is 2.23 bits per heavy atom. The number of nitrogens with one attached hydrogen (secondary N) is 2. The van der Waals surface area contributed by atoms with Crippen molar-refractivity contribution in [2.24, 2.45) is 0 Å². The maximum atomic E-state index is 12.4. The zero-order valence-corrected chi connectivity index (χ0v) is 19.4. The number of benzene rings is 3. The van der Waals surface area contributed by atoms with Gasteiger partial charge in [0.1, 0.15) is 5.82 Å². The van der Waals surface area contributed by atoms with Crippen molar-refractivity contribution in [1.82, 2.24) is 15.3 Å². The van der Waals surface area contributed by atoms with E-state index in [0.29, 0.717) is 23.6 Å². The van der Waals surface area contributed by atoms with Crippen molar-refractivity contribution >= 4 is 23.5 Å². The Kier molecular flexibility index (Phi) is 7.54. The molecule has 0 aliphatic rings. The van der Waals surface area contributed by atoms with E-state index in [-0.39, 0.29) is 30.4 Å². The molecule has 0 bridgehead atoms. The van der Waals surface area contributed by atoms with Gasteiger partial charge in [0.05, 0.1) is 24.9 Å². The number of aromatic nitrogens is 2. The van der Waals surface area contributed by atoms with Gasteiger partial charge in [-0.05, 0) is 35.7 Å². The fraction of sp³-hybridized carbons (Fsp3) is 0.148. The van der Waals surface area contributed by atoms with Crippen LogP contribution in [0.3, 0.4) is 0 Å². The van der Waals surface area contributed by atoms with Gasteiger partial charge in [-0.2, -0.15) is 4.98 Å². The van der Waals surface area contributed by atoms with Gasteiger partial charge in [-0.3, -0.25) is 0 Å². The second-order valence-electron chi connectivity index (χ2n) is 8.08. The third-order valence-electron chi connectivity index (χ3n) is 5.46. The maximum Gasteiger partial charge on any atom is 0.319 e. The number of carbonyl (C=O) groups is 1. The van der Waals surface area contributed by atoms with E-state index in [9.17, 15) is 4.79 Å².